The van der Waals surface area contributed by atoms with Crippen molar-refractivity contribution in [3.05, 3.63) is 41.7 Å². The van der Waals surface area contributed by atoms with Gasteiger partial charge in [0.2, 0.25) is 5.91 Å². The molecule has 1 amide bonds. The van der Waals surface area contributed by atoms with Crippen LogP contribution < -0.4 is 5.32 Å². The summed E-state index contributed by atoms with van der Waals surface area (Å²) in [5.74, 6) is 0.972. The summed E-state index contributed by atoms with van der Waals surface area (Å²) >= 11 is 1.42. The van der Waals surface area contributed by atoms with Gasteiger partial charge in [0, 0.05) is 16.4 Å². The number of nitriles is 1. The average molecular weight is 343 g/mol. The van der Waals surface area contributed by atoms with Crippen LogP contribution in [0.25, 0.3) is 0 Å². The Morgan fingerprint density at radius 2 is 1.83 bits per heavy atom. The molecule has 1 aromatic heterocycles. The molecule has 0 radical (unpaired) electrons. The number of amides is 1. The third kappa shape index (κ3) is 4.39. The highest BCUT2D eigenvalue weighted by molar-refractivity contribution is 8.01. The number of rotatable bonds is 4. The zero-order chi connectivity index (χ0) is 18.0. The van der Waals surface area contributed by atoms with Crippen molar-refractivity contribution >= 4 is 23.5 Å². The van der Waals surface area contributed by atoms with Crippen molar-refractivity contribution in [1.82, 2.24) is 5.16 Å². The molecule has 6 heteroatoms. The van der Waals surface area contributed by atoms with Crippen LogP contribution >= 0.6 is 11.8 Å². The molecule has 0 saturated carbocycles. The van der Waals surface area contributed by atoms with Gasteiger partial charge in [-0.1, -0.05) is 25.9 Å². The van der Waals surface area contributed by atoms with E-state index in [0.717, 1.165) is 10.7 Å². The molecule has 2 rings (SSSR count). The first-order valence-electron chi connectivity index (χ1n) is 7.60. The molecule has 0 atom stereocenters. The van der Waals surface area contributed by atoms with Gasteiger partial charge in [-0.15, -0.1) is 11.8 Å². The van der Waals surface area contributed by atoms with Crippen molar-refractivity contribution in [2.24, 2.45) is 0 Å². The van der Waals surface area contributed by atoms with Crippen LogP contribution in [0.4, 0.5) is 5.82 Å². The molecule has 1 aromatic carbocycles. The van der Waals surface area contributed by atoms with E-state index in [-0.39, 0.29) is 11.3 Å². The van der Waals surface area contributed by atoms with Crippen LogP contribution in [0.2, 0.25) is 0 Å². The van der Waals surface area contributed by atoms with Gasteiger partial charge in [0.05, 0.1) is 16.4 Å². The summed E-state index contributed by atoms with van der Waals surface area (Å²) < 4.78 is 4.58. The maximum Gasteiger partial charge on any atom is 0.241 e. The maximum absolute atomic E-state index is 12.6. The summed E-state index contributed by atoms with van der Waals surface area (Å²) in [5, 5.41) is 15.5. The minimum Gasteiger partial charge on any atom is -0.359 e. The smallest absolute Gasteiger partial charge is 0.241 e. The summed E-state index contributed by atoms with van der Waals surface area (Å²) in [6.07, 6.45) is 0. The number of nitrogens with one attached hydrogen (secondary N) is 1. The van der Waals surface area contributed by atoms with Gasteiger partial charge < -0.3 is 9.84 Å². The standard InChI is InChI=1S/C18H21N3O2S/c1-17(2,3)14-10-15(21-23-14)20-16(22)18(4,5)24-13-8-6-12(11-19)7-9-13/h6-10H,1-5H3,(H,20,21,22). The van der Waals surface area contributed by atoms with Gasteiger partial charge in [-0.3, -0.25) is 4.79 Å². The number of hydrogen-bond acceptors (Lipinski definition) is 5. The predicted molar refractivity (Wildman–Crippen MR) is 94.9 cm³/mol. The molecule has 0 bridgehead atoms. The third-order valence-electron chi connectivity index (χ3n) is 3.39. The van der Waals surface area contributed by atoms with Crippen molar-refractivity contribution in [3.63, 3.8) is 0 Å². The summed E-state index contributed by atoms with van der Waals surface area (Å²) in [5.41, 5.74) is 0.432. The van der Waals surface area contributed by atoms with E-state index in [1.54, 1.807) is 18.2 Å². The second-order valence-electron chi connectivity index (χ2n) is 7.03. The van der Waals surface area contributed by atoms with Gasteiger partial charge in [0.25, 0.3) is 0 Å². The second-order valence-corrected chi connectivity index (χ2v) is 8.73. The number of benzene rings is 1. The van der Waals surface area contributed by atoms with Gasteiger partial charge in [0.1, 0.15) is 5.76 Å². The molecule has 0 spiro atoms. The van der Waals surface area contributed by atoms with Crippen LogP contribution in [-0.2, 0) is 10.2 Å². The minimum atomic E-state index is -0.699. The fourth-order valence-electron chi connectivity index (χ4n) is 1.89. The minimum absolute atomic E-state index is 0.161. The Morgan fingerprint density at radius 3 is 2.33 bits per heavy atom. The lowest BCUT2D eigenvalue weighted by Crippen LogP contribution is -2.34. The van der Waals surface area contributed by atoms with E-state index in [0.29, 0.717) is 11.4 Å². The fourth-order valence-corrected chi connectivity index (χ4v) is 2.90. The third-order valence-corrected chi connectivity index (χ3v) is 4.60. The zero-order valence-corrected chi connectivity index (χ0v) is 15.3. The second kappa shape index (κ2) is 6.70. The number of carbonyl (C=O) groups excluding carboxylic acids is 1. The first-order valence-corrected chi connectivity index (χ1v) is 8.41. The maximum atomic E-state index is 12.6. The highest BCUT2D eigenvalue weighted by atomic mass is 32.2. The zero-order valence-electron chi connectivity index (χ0n) is 14.5. The van der Waals surface area contributed by atoms with Crippen molar-refractivity contribution in [3.8, 4) is 6.07 Å². The molecule has 0 aliphatic carbocycles. The molecule has 0 fully saturated rings. The molecule has 126 valence electrons. The SMILES string of the molecule is CC(C)(Sc1ccc(C#N)cc1)C(=O)Nc1cc(C(C)(C)C)on1. The number of thioether (sulfide) groups is 1. The summed E-state index contributed by atoms with van der Waals surface area (Å²) in [4.78, 5) is 13.5. The quantitative estimate of drug-likeness (QED) is 0.835. The van der Waals surface area contributed by atoms with Crippen LogP contribution in [-0.4, -0.2) is 15.8 Å². The molecule has 0 aliphatic rings. The molecular formula is C18H21N3O2S. The van der Waals surface area contributed by atoms with Crippen LogP contribution in [0.5, 0.6) is 0 Å². The molecule has 1 N–H and O–H groups in total. The number of aromatic nitrogens is 1. The first kappa shape index (κ1) is 18.1. The van der Waals surface area contributed by atoms with Gasteiger partial charge in [-0.05, 0) is 38.1 Å². The van der Waals surface area contributed by atoms with Gasteiger partial charge >= 0.3 is 0 Å². The van der Waals surface area contributed by atoms with E-state index in [4.69, 9.17) is 9.78 Å². The number of nitrogens with zero attached hydrogens (tertiary/aromatic N) is 2. The fraction of sp³-hybridized carbons (Fsp3) is 0.389. The van der Waals surface area contributed by atoms with Crippen molar-refractivity contribution in [2.75, 3.05) is 5.32 Å². The number of anilines is 1. The Bertz CT molecular complexity index is 765. The monoisotopic (exact) mass is 343 g/mol. The van der Waals surface area contributed by atoms with E-state index in [2.05, 4.69) is 16.5 Å². The van der Waals surface area contributed by atoms with Gasteiger partial charge in [-0.25, -0.2) is 0 Å². The molecular weight excluding hydrogens is 322 g/mol. The lowest BCUT2D eigenvalue weighted by atomic mass is 9.93. The lowest BCUT2D eigenvalue weighted by molar-refractivity contribution is -0.117. The highest BCUT2D eigenvalue weighted by Gasteiger charge is 2.30. The predicted octanol–water partition coefficient (Wildman–Crippen LogP) is 4.35. The van der Waals surface area contributed by atoms with Crippen molar-refractivity contribution < 1.29 is 9.32 Å². The van der Waals surface area contributed by atoms with E-state index in [9.17, 15) is 4.79 Å². The summed E-state index contributed by atoms with van der Waals surface area (Å²) in [6.45, 7) is 9.74. The molecule has 0 saturated heterocycles. The summed E-state index contributed by atoms with van der Waals surface area (Å²) in [6, 6.07) is 11.0. The van der Waals surface area contributed by atoms with Crippen molar-refractivity contribution in [2.45, 2.75) is 49.7 Å². The van der Waals surface area contributed by atoms with E-state index in [1.165, 1.54) is 11.8 Å². The Labute approximate surface area is 146 Å². The molecule has 1 heterocycles. The van der Waals surface area contributed by atoms with Crippen LogP contribution in [0.3, 0.4) is 0 Å². The summed E-state index contributed by atoms with van der Waals surface area (Å²) in [7, 11) is 0. The Hall–Kier alpha value is -2.26. The van der Waals surface area contributed by atoms with E-state index < -0.39 is 4.75 Å². The normalized spacial score (nSPS) is 11.8. The Balaban J connectivity index is 2.06. The molecule has 0 unspecified atom stereocenters. The highest BCUT2D eigenvalue weighted by Crippen LogP contribution is 2.34. The molecule has 2 aromatic rings. The van der Waals surface area contributed by atoms with Crippen LogP contribution in [0.1, 0.15) is 45.9 Å². The van der Waals surface area contributed by atoms with E-state index >= 15 is 0 Å². The average Bonchev–Trinajstić information content (AvgIpc) is 2.96. The van der Waals surface area contributed by atoms with Crippen molar-refractivity contribution in [1.29, 1.82) is 5.26 Å². The van der Waals surface area contributed by atoms with Crippen LogP contribution in [0.15, 0.2) is 39.8 Å². The van der Waals surface area contributed by atoms with Gasteiger partial charge in [-0.2, -0.15) is 5.26 Å². The lowest BCUT2D eigenvalue weighted by Gasteiger charge is -2.22. The van der Waals surface area contributed by atoms with E-state index in [1.807, 2.05) is 46.8 Å². The number of carbonyl (C=O) groups is 1. The number of hydrogen-bond donors (Lipinski definition) is 1. The Kier molecular flexibility index (Phi) is 5.05. The molecule has 24 heavy (non-hydrogen) atoms. The largest absolute Gasteiger partial charge is 0.359 e. The molecule has 5 nitrogen and oxygen atoms in total. The van der Waals surface area contributed by atoms with Crippen LogP contribution in [0, 0.1) is 11.3 Å². The topological polar surface area (TPSA) is 78.9 Å². The first-order chi connectivity index (χ1) is 11.1. The van der Waals surface area contributed by atoms with Gasteiger partial charge in [0.15, 0.2) is 5.82 Å². The Morgan fingerprint density at radius 1 is 1.21 bits per heavy atom. The molecule has 0 aliphatic heterocycles.